The van der Waals surface area contributed by atoms with Gasteiger partial charge in [-0.05, 0) is 47.4 Å². The van der Waals surface area contributed by atoms with Gasteiger partial charge >= 0.3 is 6.03 Å². The number of benzene rings is 1. The molecule has 1 fully saturated rings. The Kier molecular flexibility index (Phi) is 4.86. The first-order chi connectivity index (χ1) is 11.2. The van der Waals surface area contributed by atoms with Crippen LogP contribution in [0.1, 0.15) is 31.2 Å². The summed E-state index contributed by atoms with van der Waals surface area (Å²) in [4.78, 5) is 12.2. The lowest BCUT2D eigenvalue weighted by Crippen LogP contribution is -2.40. The molecule has 0 saturated heterocycles. The summed E-state index contributed by atoms with van der Waals surface area (Å²) in [5.74, 6) is 0.730. The van der Waals surface area contributed by atoms with Crippen molar-refractivity contribution in [1.29, 1.82) is 0 Å². The zero-order valence-electron chi connectivity index (χ0n) is 13.3. The van der Waals surface area contributed by atoms with Crippen molar-refractivity contribution >= 4 is 23.1 Å². The number of nitrogens with one attached hydrogen (secondary N) is 2. The van der Waals surface area contributed by atoms with Crippen LogP contribution in [0, 0.1) is 0 Å². The molecule has 4 nitrogen and oxygen atoms in total. The van der Waals surface area contributed by atoms with Crippen LogP contribution in [0.15, 0.2) is 41.1 Å². The van der Waals surface area contributed by atoms with Crippen molar-refractivity contribution in [3.63, 3.8) is 0 Å². The van der Waals surface area contributed by atoms with Crippen molar-refractivity contribution < 1.29 is 9.53 Å². The van der Waals surface area contributed by atoms with E-state index in [-0.39, 0.29) is 11.4 Å². The predicted octanol–water partition coefficient (Wildman–Crippen LogP) is 4.39. The minimum Gasteiger partial charge on any atom is -0.497 e. The second-order valence-electron chi connectivity index (χ2n) is 6.04. The van der Waals surface area contributed by atoms with E-state index in [0.717, 1.165) is 24.3 Å². The van der Waals surface area contributed by atoms with Gasteiger partial charge in [-0.1, -0.05) is 18.9 Å². The average molecular weight is 330 g/mol. The maximum Gasteiger partial charge on any atom is 0.319 e. The molecule has 1 aromatic carbocycles. The molecule has 2 N–H and O–H groups in total. The highest BCUT2D eigenvalue weighted by molar-refractivity contribution is 7.08. The van der Waals surface area contributed by atoms with E-state index in [0.29, 0.717) is 6.54 Å². The summed E-state index contributed by atoms with van der Waals surface area (Å²) in [7, 11) is 1.61. The number of thiophene rings is 1. The number of ether oxygens (including phenoxy) is 1. The molecule has 0 spiro atoms. The minimum atomic E-state index is -0.167. The number of urea groups is 1. The number of hydrogen-bond donors (Lipinski definition) is 2. The fourth-order valence-corrected chi connectivity index (χ4v) is 4.09. The lowest BCUT2D eigenvalue weighted by atomic mass is 9.80. The SMILES string of the molecule is COc1cccc(NC(=O)NCC2(c3ccsc3)CCCC2)c1. The van der Waals surface area contributed by atoms with Crippen LogP contribution in [-0.4, -0.2) is 19.7 Å². The molecule has 5 heteroatoms. The number of methoxy groups -OCH3 is 1. The molecule has 1 heterocycles. The third kappa shape index (κ3) is 3.67. The Morgan fingerprint density at radius 3 is 2.83 bits per heavy atom. The monoisotopic (exact) mass is 330 g/mol. The molecule has 2 aromatic rings. The molecule has 2 amide bonds. The Morgan fingerprint density at radius 1 is 1.30 bits per heavy atom. The largest absolute Gasteiger partial charge is 0.497 e. The van der Waals surface area contributed by atoms with Crippen LogP contribution in [0.2, 0.25) is 0 Å². The van der Waals surface area contributed by atoms with Crippen LogP contribution in [0.25, 0.3) is 0 Å². The van der Waals surface area contributed by atoms with Gasteiger partial charge in [-0.25, -0.2) is 4.79 Å². The Balaban J connectivity index is 1.61. The summed E-state index contributed by atoms with van der Waals surface area (Å²) >= 11 is 1.72. The number of rotatable bonds is 5. The lowest BCUT2D eigenvalue weighted by molar-refractivity contribution is 0.248. The number of hydrogen-bond acceptors (Lipinski definition) is 3. The van der Waals surface area contributed by atoms with Crippen LogP contribution in [0.5, 0.6) is 5.75 Å². The fraction of sp³-hybridized carbons (Fsp3) is 0.389. The maximum atomic E-state index is 12.2. The molecule has 23 heavy (non-hydrogen) atoms. The molecule has 1 saturated carbocycles. The van der Waals surface area contributed by atoms with Crippen molar-refractivity contribution in [2.75, 3.05) is 19.0 Å². The van der Waals surface area contributed by atoms with Gasteiger partial charge in [0.2, 0.25) is 0 Å². The Hall–Kier alpha value is -2.01. The standard InChI is InChI=1S/C18H22N2O2S/c1-22-16-6-4-5-15(11-16)20-17(21)19-13-18(8-2-3-9-18)14-7-10-23-12-14/h4-7,10-12H,2-3,8-9,13H2,1H3,(H2,19,20,21). The molecule has 122 valence electrons. The van der Waals surface area contributed by atoms with Gasteiger partial charge in [0.15, 0.2) is 0 Å². The van der Waals surface area contributed by atoms with E-state index < -0.39 is 0 Å². The summed E-state index contributed by atoms with van der Waals surface area (Å²) in [6.07, 6.45) is 4.75. The van der Waals surface area contributed by atoms with E-state index in [1.54, 1.807) is 18.4 Å². The normalized spacial score (nSPS) is 16.0. The van der Waals surface area contributed by atoms with Gasteiger partial charge in [-0.3, -0.25) is 0 Å². The van der Waals surface area contributed by atoms with Gasteiger partial charge in [-0.15, -0.1) is 0 Å². The van der Waals surface area contributed by atoms with Crippen LogP contribution < -0.4 is 15.4 Å². The summed E-state index contributed by atoms with van der Waals surface area (Å²) in [6.45, 7) is 0.680. The topological polar surface area (TPSA) is 50.4 Å². The fourth-order valence-electron chi connectivity index (χ4n) is 3.31. The molecule has 0 aliphatic heterocycles. The first-order valence-corrected chi connectivity index (χ1v) is 8.88. The van der Waals surface area contributed by atoms with E-state index in [4.69, 9.17) is 4.74 Å². The highest BCUT2D eigenvalue weighted by atomic mass is 32.1. The Morgan fingerprint density at radius 2 is 2.13 bits per heavy atom. The van der Waals surface area contributed by atoms with E-state index in [1.807, 2.05) is 24.3 Å². The van der Waals surface area contributed by atoms with Crippen molar-refractivity contribution in [2.45, 2.75) is 31.1 Å². The van der Waals surface area contributed by atoms with Crippen molar-refractivity contribution in [3.8, 4) is 5.75 Å². The summed E-state index contributed by atoms with van der Waals surface area (Å²) in [5, 5.41) is 10.3. The first-order valence-electron chi connectivity index (χ1n) is 7.93. The highest BCUT2D eigenvalue weighted by Crippen LogP contribution is 2.41. The number of carbonyl (C=O) groups is 1. The molecule has 1 aliphatic rings. The summed E-state index contributed by atoms with van der Waals surface area (Å²) < 4.78 is 5.17. The van der Waals surface area contributed by atoms with Crippen LogP contribution in [0.4, 0.5) is 10.5 Å². The zero-order chi connectivity index (χ0) is 16.1. The van der Waals surface area contributed by atoms with Gasteiger partial charge in [0, 0.05) is 23.7 Å². The predicted molar refractivity (Wildman–Crippen MR) is 94.5 cm³/mol. The molecule has 1 aromatic heterocycles. The van der Waals surface area contributed by atoms with Crippen LogP contribution >= 0.6 is 11.3 Å². The van der Waals surface area contributed by atoms with E-state index in [9.17, 15) is 4.79 Å². The van der Waals surface area contributed by atoms with Gasteiger partial charge in [0.05, 0.1) is 7.11 Å². The first kappa shape index (κ1) is 15.9. The molecular weight excluding hydrogens is 308 g/mol. The van der Waals surface area contributed by atoms with Crippen LogP contribution in [-0.2, 0) is 5.41 Å². The summed E-state index contributed by atoms with van der Waals surface area (Å²) in [6, 6.07) is 9.40. The maximum absolute atomic E-state index is 12.2. The second kappa shape index (κ2) is 7.04. The minimum absolute atomic E-state index is 0.103. The zero-order valence-corrected chi connectivity index (χ0v) is 14.1. The number of carbonyl (C=O) groups excluding carboxylic acids is 1. The van der Waals surface area contributed by atoms with E-state index >= 15 is 0 Å². The third-order valence-electron chi connectivity index (χ3n) is 4.61. The quantitative estimate of drug-likeness (QED) is 0.854. The van der Waals surface area contributed by atoms with Crippen molar-refractivity contribution in [1.82, 2.24) is 5.32 Å². The smallest absolute Gasteiger partial charge is 0.319 e. The molecule has 0 bridgehead atoms. The van der Waals surface area contributed by atoms with Gasteiger partial charge in [0.1, 0.15) is 5.75 Å². The number of anilines is 1. The van der Waals surface area contributed by atoms with Crippen LogP contribution in [0.3, 0.4) is 0 Å². The van der Waals surface area contributed by atoms with Gasteiger partial charge in [0.25, 0.3) is 0 Å². The average Bonchev–Trinajstić information content (AvgIpc) is 3.25. The molecular formula is C18H22N2O2S. The molecule has 0 atom stereocenters. The third-order valence-corrected chi connectivity index (χ3v) is 5.29. The summed E-state index contributed by atoms with van der Waals surface area (Å²) in [5.41, 5.74) is 2.20. The highest BCUT2D eigenvalue weighted by Gasteiger charge is 2.36. The Labute approximate surface area is 140 Å². The van der Waals surface area contributed by atoms with Crippen molar-refractivity contribution in [2.24, 2.45) is 0 Å². The molecule has 1 aliphatic carbocycles. The second-order valence-corrected chi connectivity index (χ2v) is 6.82. The molecule has 3 rings (SSSR count). The van der Waals surface area contributed by atoms with E-state index in [1.165, 1.54) is 18.4 Å². The van der Waals surface area contributed by atoms with E-state index in [2.05, 4.69) is 27.5 Å². The molecule has 0 unspecified atom stereocenters. The van der Waals surface area contributed by atoms with Gasteiger partial charge in [-0.2, -0.15) is 11.3 Å². The van der Waals surface area contributed by atoms with Crippen molar-refractivity contribution in [3.05, 3.63) is 46.7 Å². The molecule has 0 radical (unpaired) electrons. The van der Waals surface area contributed by atoms with Gasteiger partial charge < -0.3 is 15.4 Å². The lowest BCUT2D eigenvalue weighted by Gasteiger charge is -2.28. The Bertz CT molecular complexity index is 649. The number of amides is 2.